The number of pyridine rings is 1. The number of benzene rings is 1. The van der Waals surface area contributed by atoms with Crippen LogP contribution in [0, 0.1) is 0 Å². The normalized spacial score (nSPS) is 11.1. The van der Waals surface area contributed by atoms with Crippen molar-refractivity contribution in [2.75, 3.05) is 23.2 Å². The van der Waals surface area contributed by atoms with Gasteiger partial charge in [0.05, 0.1) is 17.6 Å². The van der Waals surface area contributed by atoms with E-state index in [1.807, 2.05) is 13.0 Å². The van der Waals surface area contributed by atoms with Crippen LogP contribution in [-0.4, -0.2) is 27.0 Å². The van der Waals surface area contributed by atoms with E-state index in [-0.39, 0.29) is 4.90 Å². The first-order valence-corrected chi connectivity index (χ1v) is 8.23. The topological polar surface area (TPSA) is 62.3 Å². The summed E-state index contributed by atoms with van der Waals surface area (Å²) in [6.45, 7) is 2.76. The summed E-state index contributed by atoms with van der Waals surface area (Å²) in [4.78, 5) is 4.23. The van der Waals surface area contributed by atoms with Crippen LogP contribution in [0.15, 0.2) is 53.7 Å². The van der Waals surface area contributed by atoms with Crippen molar-refractivity contribution in [3.05, 3.63) is 48.8 Å². The zero-order valence-electron chi connectivity index (χ0n) is 12.2. The molecule has 0 bridgehead atoms. The molecule has 0 aliphatic heterocycles. The van der Waals surface area contributed by atoms with E-state index in [0.29, 0.717) is 11.4 Å². The first kappa shape index (κ1) is 15.3. The molecule has 5 nitrogen and oxygen atoms in total. The van der Waals surface area contributed by atoms with Crippen LogP contribution < -0.4 is 9.62 Å². The van der Waals surface area contributed by atoms with Crippen LogP contribution in [0.1, 0.15) is 13.3 Å². The van der Waals surface area contributed by atoms with E-state index in [4.69, 9.17) is 0 Å². The molecule has 0 saturated carbocycles. The summed E-state index contributed by atoms with van der Waals surface area (Å²) in [5, 5.41) is 3.15. The Morgan fingerprint density at radius 1 is 1.19 bits per heavy atom. The second kappa shape index (κ2) is 6.58. The highest BCUT2D eigenvalue weighted by Gasteiger charge is 2.24. The van der Waals surface area contributed by atoms with Crippen LogP contribution >= 0.6 is 0 Å². The Kier molecular flexibility index (Phi) is 4.80. The van der Waals surface area contributed by atoms with Gasteiger partial charge >= 0.3 is 0 Å². The summed E-state index contributed by atoms with van der Waals surface area (Å²) in [7, 11) is -2.09. The van der Waals surface area contributed by atoms with Crippen LogP contribution in [0.2, 0.25) is 0 Å². The summed E-state index contributed by atoms with van der Waals surface area (Å²) in [6.07, 6.45) is 4.06. The van der Waals surface area contributed by atoms with Crippen molar-refractivity contribution in [1.82, 2.24) is 4.98 Å². The fourth-order valence-electron chi connectivity index (χ4n) is 1.92. The molecule has 0 fully saturated rings. The van der Waals surface area contributed by atoms with Crippen molar-refractivity contribution in [2.24, 2.45) is 0 Å². The third-order valence-electron chi connectivity index (χ3n) is 3.10. The second-order valence-electron chi connectivity index (χ2n) is 4.61. The van der Waals surface area contributed by atoms with Crippen LogP contribution in [0.4, 0.5) is 11.4 Å². The third-order valence-corrected chi connectivity index (χ3v) is 4.94. The van der Waals surface area contributed by atoms with Crippen molar-refractivity contribution in [3.63, 3.8) is 0 Å². The van der Waals surface area contributed by atoms with E-state index >= 15 is 0 Å². The zero-order valence-corrected chi connectivity index (χ0v) is 13.0. The van der Waals surface area contributed by atoms with E-state index in [1.54, 1.807) is 36.5 Å². The number of rotatable bonds is 6. The molecule has 1 aromatic carbocycles. The smallest absolute Gasteiger partial charge is 0.266 e. The molecule has 112 valence electrons. The van der Waals surface area contributed by atoms with Crippen LogP contribution in [0.25, 0.3) is 0 Å². The lowest BCUT2D eigenvalue weighted by Crippen LogP contribution is -2.27. The zero-order chi connectivity index (χ0) is 15.3. The van der Waals surface area contributed by atoms with E-state index in [2.05, 4.69) is 10.3 Å². The molecule has 1 aromatic heterocycles. The molecule has 0 atom stereocenters. The number of anilines is 2. The highest BCUT2D eigenvalue weighted by molar-refractivity contribution is 7.93. The minimum atomic E-state index is -3.62. The van der Waals surface area contributed by atoms with Crippen molar-refractivity contribution in [3.8, 4) is 0 Å². The van der Waals surface area contributed by atoms with Gasteiger partial charge in [-0.25, -0.2) is 8.42 Å². The van der Waals surface area contributed by atoms with Gasteiger partial charge in [-0.1, -0.05) is 19.1 Å². The van der Waals surface area contributed by atoms with Gasteiger partial charge in [0.2, 0.25) is 0 Å². The van der Waals surface area contributed by atoms with Crippen LogP contribution in [-0.2, 0) is 10.0 Å². The average molecular weight is 305 g/mol. The van der Waals surface area contributed by atoms with Crippen molar-refractivity contribution < 1.29 is 8.42 Å². The summed E-state index contributed by atoms with van der Waals surface area (Å²) in [6, 6.07) is 10.4. The molecule has 0 saturated heterocycles. The minimum absolute atomic E-state index is 0.268. The number of hydrogen-bond donors (Lipinski definition) is 1. The predicted molar refractivity (Wildman–Crippen MR) is 85.0 cm³/mol. The standard InChI is InChI=1S/C15H19N3O2S/c1-3-10-17-14-8-4-5-9-15(14)21(19,20)18(2)13-7-6-11-16-12-13/h4-9,11-12,17H,3,10H2,1-2H3. The molecule has 0 amide bonds. The lowest BCUT2D eigenvalue weighted by molar-refractivity contribution is 0.594. The number of para-hydroxylation sites is 1. The largest absolute Gasteiger partial charge is 0.384 e. The average Bonchev–Trinajstić information content (AvgIpc) is 2.53. The Hall–Kier alpha value is -2.08. The number of aromatic nitrogens is 1. The highest BCUT2D eigenvalue weighted by Crippen LogP contribution is 2.26. The van der Waals surface area contributed by atoms with Gasteiger partial charge in [0.25, 0.3) is 10.0 Å². The molecule has 0 unspecified atom stereocenters. The maximum atomic E-state index is 12.8. The van der Waals surface area contributed by atoms with E-state index < -0.39 is 10.0 Å². The van der Waals surface area contributed by atoms with Gasteiger partial charge < -0.3 is 5.32 Å². The van der Waals surface area contributed by atoms with Gasteiger partial charge in [0.15, 0.2) is 0 Å². The summed E-state index contributed by atoms with van der Waals surface area (Å²) < 4.78 is 26.8. The van der Waals surface area contributed by atoms with Gasteiger partial charge in [-0.3, -0.25) is 9.29 Å². The Balaban J connectivity index is 2.40. The first-order chi connectivity index (χ1) is 10.1. The SMILES string of the molecule is CCCNc1ccccc1S(=O)(=O)N(C)c1cccnc1. The van der Waals surface area contributed by atoms with Crippen LogP contribution in [0.3, 0.4) is 0 Å². The second-order valence-corrected chi connectivity index (χ2v) is 6.54. The first-order valence-electron chi connectivity index (χ1n) is 6.79. The van der Waals surface area contributed by atoms with E-state index in [9.17, 15) is 8.42 Å². The fraction of sp³-hybridized carbons (Fsp3) is 0.267. The highest BCUT2D eigenvalue weighted by atomic mass is 32.2. The van der Waals surface area contributed by atoms with Crippen molar-refractivity contribution in [1.29, 1.82) is 0 Å². The number of sulfonamides is 1. The molecule has 1 heterocycles. The van der Waals surface area contributed by atoms with E-state index in [1.165, 1.54) is 17.5 Å². The molecule has 0 aliphatic carbocycles. The van der Waals surface area contributed by atoms with Gasteiger partial charge in [0, 0.05) is 19.8 Å². The number of nitrogens with one attached hydrogen (secondary N) is 1. The molecule has 1 N–H and O–H groups in total. The molecule has 0 radical (unpaired) electrons. The molecule has 6 heteroatoms. The Morgan fingerprint density at radius 3 is 2.62 bits per heavy atom. The van der Waals surface area contributed by atoms with E-state index in [0.717, 1.165) is 13.0 Å². The quantitative estimate of drug-likeness (QED) is 0.891. The van der Waals surface area contributed by atoms with Gasteiger partial charge in [0.1, 0.15) is 4.90 Å². The Bertz CT molecular complexity index is 687. The Labute approximate surface area is 125 Å². The number of hydrogen-bond acceptors (Lipinski definition) is 4. The summed E-state index contributed by atoms with van der Waals surface area (Å²) >= 11 is 0. The minimum Gasteiger partial charge on any atom is -0.384 e. The monoisotopic (exact) mass is 305 g/mol. The van der Waals surface area contributed by atoms with Crippen molar-refractivity contribution in [2.45, 2.75) is 18.2 Å². The molecular weight excluding hydrogens is 286 g/mol. The van der Waals surface area contributed by atoms with Gasteiger partial charge in [-0.05, 0) is 30.7 Å². The maximum Gasteiger partial charge on any atom is 0.266 e. The van der Waals surface area contributed by atoms with Gasteiger partial charge in [-0.2, -0.15) is 0 Å². The molecular formula is C15H19N3O2S. The molecule has 0 aliphatic rings. The molecule has 21 heavy (non-hydrogen) atoms. The molecule has 2 aromatic rings. The maximum absolute atomic E-state index is 12.8. The molecule has 2 rings (SSSR count). The van der Waals surface area contributed by atoms with Crippen molar-refractivity contribution >= 4 is 21.4 Å². The Morgan fingerprint density at radius 2 is 1.95 bits per heavy atom. The van der Waals surface area contributed by atoms with Crippen LogP contribution in [0.5, 0.6) is 0 Å². The lowest BCUT2D eigenvalue weighted by Gasteiger charge is -2.21. The number of nitrogens with zero attached hydrogens (tertiary/aromatic N) is 2. The lowest BCUT2D eigenvalue weighted by atomic mass is 10.3. The molecule has 0 spiro atoms. The third kappa shape index (κ3) is 3.33. The summed E-state index contributed by atoms with van der Waals surface area (Å²) in [5.41, 5.74) is 1.15. The van der Waals surface area contributed by atoms with Gasteiger partial charge in [-0.15, -0.1) is 0 Å². The fourth-order valence-corrected chi connectivity index (χ4v) is 3.27. The predicted octanol–water partition coefficient (Wildman–Crippen LogP) is 2.73. The summed E-state index contributed by atoms with van der Waals surface area (Å²) in [5.74, 6) is 0.